The highest BCUT2D eigenvalue weighted by Crippen LogP contribution is 2.31. The van der Waals surface area contributed by atoms with E-state index >= 15 is 0 Å². The summed E-state index contributed by atoms with van der Waals surface area (Å²) >= 11 is 0. The van der Waals surface area contributed by atoms with Gasteiger partial charge in [0.1, 0.15) is 17.1 Å². The van der Waals surface area contributed by atoms with Gasteiger partial charge in [-0.2, -0.15) is 13.2 Å². The molecular formula is C10H9F3N2O2. The number of nitrogens with one attached hydrogen (secondary N) is 1. The minimum absolute atomic E-state index is 0.0316. The summed E-state index contributed by atoms with van der Waals surface area (Å²) in [5, 5.41) is 11.5. The molecule has 0 bridgehead atoms. The molecule has 1 heterocycles. The van der Waals surface area contributed by atoms with Gasteiger partial charge in [-0.05, 0) is 25.0 Å². The molecule has 1 aliphatic rings. The molecule has 0 aromatic carbocycles. The highest BCUT2D eigenvalue weighted by atomic mass is 19.4. The van der Waals surface area contributed by atoms with Crippen LogP contribution in [0.4, 0.5) is 19.0 Å². The third-order valence-electron chi connectivity index (χ3n) is 2.33. The average molecular weight is 246 g/mol. The van der Waals surface area contributed by atoms with E-state index in [1.165, 1.54) is 0 Å². The topological polar surface area (TPSA) is 62.2 Å². The molecule has 0 radical (unpaired) electrons. The van der Waals surface area contributed by atoms with Crippen molar-refractivity contribution < 1.29 is 23.1 Å². The molecule has 0 aliphatic heterocycles. The number of halogens is 3. The standard InChI is InChI=1S/C10H9F3N2O2/c11-10(12,13)7-4-3-6(9(16)17)8(15-7)14-5-1-2-5/h3-5H,1-2H2,(H,14,15)(H,16,17). The lowest BCUT2D eigenvalue weighted by molar-refractivity contribution is -0.141. The first-order valence-electron chi connectivity index (χ1n) is 4.96. The molecule has 1 aliphatic carbocycles. The van der Waals surface area contributed by atoms with E-state index in [1.54, 1.807) is 0 Å². The van der Waals surface area contributed by atoms with Crippen LogP contribution in [0, 0.1) is 0 Å². The van der Waals surface area contributed by atoms with Crippen molar-refractivity contribution in [3.05, 3.63) is 23.4 Å². The predicted octanol–water partition coefficient (Wildman–Crippen LogP) is 2.37. The van der Waals surface area contributed by atoms with E-state index in [-0.39, 0.29) is 17.4 Å². The van der Waals surface area contributed by atoms with Gasteiger partial charge in [0.15, 0.2) is 0 Å². The maximum absolute atomic E-state index is 12.4. The maximum atomic E-state index is 12.4. The molecular weight excluding hydrogens is 237 g/mol. The van der Waals surface area contributed by atoms with Gasteiger partial charge in [0, 0.05) is 6.04 Å². The summed E-state index contributed by atoms with van der Waals surface area (Å²) in [6.45, 7) is 0. The number of carboxylic acids is 1. The van der Waals surface area contributed by atoms with Crippen molar-refractivity contribution in [2.45, 2.75) is 25.1 Å². The van der Waals surface area contributed by atoms with Crippen LogP contribution in [0.5, 0.6) is 0 Å². The number of pyridine rings is 1. The Labute approximate surface area is 94.5 Å². The summed E-state index contributed by atoms with van der Waals surface area (Å²) in [4.78, 5) is 14.2. The first kappa shape index (κ1) is 11.7. The van der Waals surface area contributed by atoms with Gasteiger partial charge in [0.2, 0.25) is 0 Å². The summed E-state index contributed by atoms with van der Waals surface area (Å²) in [6, 6.07) is 1.62. The highest BCUT2D eigenvalue weighted by molar-refractivity contribution is 5.93. The van der Waals surface area contributed by atoms with E-state index in [0.717, 1.165) is 18.9 Å². The number of rotatable bonds is 3. The lowest BCUT2D eigenvalue weighted by atomic mass is 10.2. The fourth-order valence-corrected chi connectivity index (χ4v) is 1.32. The van der Waals surface area contributed by atoms with Gasteiger partial charge in [-0.15, -0.1) is 0 Å². The van der Waals surface area contributed by atoms with Gasteiger partial charge in [0.05, 0.1) is 0 Å². The van der Waals surface area contributed by atoms with Crippen molar-refractivity contribution >= 4 is 11.8 Å². The van der Waals surface area contributed by atoms with Crippen LogP contribution in [0.1, 0.15) is 28.9 Å². The number of hydrogen-bond acceptors (Lipinski definition) is 3. The second-order valence-electron chi connectivity index (χ2n) is 3.81. The SMILES string of the molecule is O=C(O)c1ccc(C(F)(F)F)nc1NC1CC1. The van der Waals surface area contributed by atoms with Crippen LogP contribution in [0.25, 0.3) is 0 Å². The largest absolute Gasteiger partial charge is 0.478 e. The third kappa shape index (κ3) is 2.66. The number of anilines is 1. The fraction of sp³-hybridized carbons (Fsp3) is 0.400. The number of aromatic nitrogens is 1. The monoisotopic (exact) mass is 246 g/mol. The summed E-state index contributed by atoms with van der Waals surface area (Å²) in [5.41, 5.74) is -1.34. The van der Waals surface area contributed by atoms with Crippen LogP contribution in [-0.4, -0.2) is 22.1 Å². The van der Waals surface area contributed by atoms with Crippen molar-refractivity contribution in [2.24, 2.45) is 0 Å². The zero-order valence-corrected chi connectivity index (χ0v) is 8.58. The second kappa shape index (κ2) is 3.90. The van der Waals surface area contributed by atoms with E-state index in [2.05, 4.69) is 10.3 Å². The molecule has 2 rings (SSSR count). The first-order valence-corrected chi connectivity index (χ1v) is 4.96. The molecule has 0 saturated heterocycles. The maximum Gasteiger partial charge on any atom is 0.433 e. The zero-order valence-electron chi connectivity index (χ0n) is 8.58. The van der Waals surface area contributed by atoms with Gasteiger partial charge < -0.3 is 10.4 Å². The molecule has 0 unspecified atom stereocenters. The van der Waals surface area contributed by atoms with Crippen LogP contribution < -0.4 is 5.32 Å². The van der Waals surface area contributed by atoms with Crippen molar-refractivity contribution in [2.75, 3.05) is 5.32 Å². The molecule has 0 amide bonds. The Morgan fingerprint density at radius 3 is 2.53 bits per heavy atom. The van der Waals surface area contributed by atoms with Crippen molar-refractivity contribution in [1.82, 2.24) is 4.98 Å². The Morgan fingerprint density at radius 1 is 1.41 bits per heavy atom. The van der Waals surface area contributed by atoms with Gasteiger partial charge in [0.25, 0.3) is 0 Å². The molecule has 0 atom stereocenters. The summed E-state index contributed by atoms with van der Waals surface area (Å²) < 4.78 is 37.2. The van der Waals surface area contributed by atoms with E-state index in [4.69, 9.17) is 5.11 Å². The normalized spacial score (nSPS) is 15.7. The molecule has 17 heavy (non-hydrogen) atoms. The second-order valence-corrected chi connectivity index (χ2v) is 3.81. The Bertz CT molecular complexity index is 455. The van der Waals surface area contributed by atoms with E-state index in [0.29, 0.717) is 6.07 Å². The number of carboxylic acid groups (broad SMARTS) is 1. The highest BCUT2D eigenvalue weighted by Gasteiger charge is 2.34. The molecule has 1 saturated carbocycles. The molecule has 7 heteroatoms. The van der Waals surface area contributed by atoms with Gasteiger partial charge in [-0.25, -0.2) is 9.78 Å². The third-order valence-corrected chi connectivity index (χ3v) is 2.33. The van der Waals surface area contributed by atoms with Gasteiger partial charge >= 0.3 is 12.1 Å². The summed E-state index contributed by atoms with van der Waals surface area (Å²) in [7, 11) is 0. The van der Waals surface area contributed by atoms with Crippen LogP contribution in [-0.2, 0) is 6.18 Å². The van der Waals surface area contributed by atoms with Crippen LogP contribution >= 0.6 is 0 Å². The van der Waals surface area contributed by atoms with Gasteiger partial charge in [-0.1, -0.05) is 0 Å². The molecule has 1 fully saturated rings. The lowest BCUT2D eigenvalue weighted by Crippen LogP contribution is -2.15. The number of carbonyl (C=O) groups is 1. The molecule has 0 spiro atoms. The molecule has 4 nitrogen and oxygen atoms in total. The average Bonchev–Trinajstić information content (AvgIpc) is 2.99. The number of aromatic carboxylic acids is 1. The first-order chi connectivity index (χ1) is 7.88. The number of nitrogens with zero attached hydrogens (tertiary/aromatic N) is 1. The predicted molar refractivity (Wildman–Crippen MR) is 52.8 cm³/mol. The zero-order chi connectivity index (χ0) is 12.6. The Kier molecular flexibility index (Phi) is 2.68. The Morgan fingerprint density at radius 2 is 2.06 bits per heavy atom. The molecule has 92 valence electrons. The van der Waals surface area contributed by atoms with Crippen LogP contribution in [0.2, 0.25) is 0 Å². The molecule has 1 aromatic rings. The molecule has 1 aromatic heterocycles. The fourth-order valence-electron chi connectivity index (χ4n) is 1.32. The van der Waals surface area contributed by atoms with Crippen molar-refractivity contribution in [3.63, 3.8) is 0 Å². The van der Waals surface area contributed by atoms with Crippen LogP contribution in [0.3, 0.4) is 0 Å². The minimum Gasteiger partial charge on any atom is -0.478 e. The van der Waals surface area contributed by atoms with Gasteiger partial charge in [-0.3, -0.25) is 0 Å². The Hall–Kier alpha value is -1.79. The molecule has 2 N–H and O–H groups in total. The summed E-state index contributed by atoms with van der Waals surface area (Å²) in [5.74, 6) is -1.51. The van der Waals surface area contributed by atoms with E-state index in [1.807, 2.05) is 0 Å². The van der Waals surface area contributed by atoms with Crippen LogP contribution in [0.15, 0.2) is 12.1 Å². The number of hydrogen-bond donors (Lipinski definition) is 2. The van der Waals surface area contributed by atoms with Crippen molar-refractivity contribution in [3.8, 4) is 0 Å². The number of alkyl halides is 3. The minimum atomic E-state index is -4.57. The Balaban J connectivity index is 2.38. The summed E-state index contributed by atoms with van der Waals surface area (Å²) in [6.07, 6.45) is -2.94. The van der Waals surface area contributed by atoms with E-state index in [9.17, 15) is 18.0 Å². The smallest absolute Gasteiger partial charge is 0.433 e. The van der Waals surface area contributed by atoms with E-state index < -0.39 is 17.8 Å². The van der Waals surface area contributed by atoms with Crippen molar-refractivity contribution in [1.29, 1.82) is 0 Å². The quantitative estimate of drug-likeness (QED) is 0.859. The lowest BCUT2D eigenvalue weighted by Gasteiger charge is -2.11.